The van der Waals surface area contributed by atoms with Crippen molar-refractivity contribution in [1.82, 2.24) is 14.9 Å². The van der Waals surface area contributed by atoms with E-state index >= 15 is 0 Å². The van der Waals surface area contributed by atoms with Crippen molar-refractivity contribution in [3.8, 4) is 0 Å². The van der Waals surface area contributed by atoms with Gasteiger partial charge in [0.05, 0.1) is 11.0 Å². The lowest BCUT2D eigenvalue weighted by Crippen LogP contribution is -2.25. The number of imidazole rings is 1. The molecule has 1 aromatic heterocycles. The van der Waals surface area contributed by atoms with Crippen LogP contribution in [0.5, 0.6) is 0 Å². The fourth-order valence-corrected chi connectivity index (χ4v) is 3.45. The summed E-state index contributed by atoms with van der Waals surface area (Å²) in [6.45, 7) is 3.08. The molecule has 4 rings (SSSR count). The minimum atomic E-state index is -0.242. The van der Waals surface area contributed by atoms with Crippen molar-refractivity contribution in [2.45, 2.75) is 19.9 Å². The predicted molar refractivity (Wildman–Crippen MR) is 112 cm³/mol. The number of carbonyl (C=O) groups excluding carboxylic acids is 1. The van der Waals surface area contributed by atoms with Gasteiger partial charge in [-0.05, 0) is 54.8 Å². The number of para-hydroxylation sites is 2. The van der Waals surface area contributed by atoms with Gasteiger partial charge in [-0.15, -0.1) is 0 Å². The minimum Gasteiger partial charge on any atom is -0.352 e. The van der Waals surface area contributed by atoms with E-state index in [0.29, 0.717) is 30.6 Å². The summed E-state index contributed by atoms with van der Waals surface area (Å²) in [5.74, 6) is 0.562. The first-order valence-corrected chi connectivity index (χ1v) is 9.64. The molecule has 0 saturated carbocycles. The van der Waals surface area contributed by atoms with Gasteiger partial charge in [0.2, 0.25) is 0 Å². The predicted octanol–water partition coefficient (Wildman–Crippen LogP) is 4.50. The molecule has 29 heavy (non-hydrogen) atoms. The fourth-order valence-electron chi connectivity index (χ4n) is 3.45. The normalized spacial score (nSPS) is 11.0. The third-order valence-corrected chi connectivity index (χ3v) is 5.04. The molecular weight excluding hydrogens is 365 g/mol. The number of hydrogen-bond acceptors (Lipinski definition) is 2. The van der Waals surface area contributed by atoms with Crippen molar-refractivity contribution in [3.05, 3.63) is 101 Å². The van der Waals surface area contributed by atoms with E-state index in [-0.39, 0.29) is 11.7 Å². The lowest BCUT2D eigenvalue weighted by atomic mass is 10.1. The quantitative estimate of drug-likeness (QED) is 0.529. The molecule has 0 unspecified atom stereocenters. The van der Waals surface area contributed by atoms with Crippen molar-refractivity contribution in [2.75, 3.05) is 6.54 Å². The summed E-state index contributed by atoms with van der Waals surface area (Å²) < 4.78 is 15.8. The molecule has 0 aliphatic heterocycles. The third kappa shape index (κ3) is 4.19. The molecule has 0 bridgehead atoms. The molecule has 146 valence electrons. The number of aromatic nitrogens is 2. The van der Waals surface area contributed by atoms with Crippen LogP contribution in [0.4, 0.5) is 4.39 Å². The Morgan fingerprint density at radius 1 is 1.00 bits per heavy atom. The first kappa shape index (κ1) is 18.9. The van der Waals surface area contributed by atoms with Crippen LogP contribution in [0.3, 0.4) is 0 Å². The van der Waals surface area contributed by atoms with Gasteiger partial charge in [-0.1, -0.05) is 42.5 Å². The number of carbonyl (C=O) groups is 1. The number of aryl methyl sites for hydroxylation is 1. The smallest absolute Gasteiger partial charge is 0.251 e. The number of fused-ring (bicyclic) bond motifs is 1. The molecule has 1 heterocycles. The molecular formula is C24H22FN3O. The summed E-state index contributed by atoms with van der Waals surface area (Å²) in [6, 6.07) is 22.2. The first-order chi connectivity index (χ1) is 14.1. The van der Waals surface area contributed by atoms with Crippen LogP contribution in [0.2, 0.25) is 0 Å². The monoisotopic (exact) mass is 387 g/mol. The van der Waals surface area contributed by atoms with Gasteiger partial charge in [-0.3, -0.25) is 4.79 Å². The van der Waals surface area contributed by atoms with Gasteiger partial charge in [-0.2, -0.15) is 0 Å². The van der Waals surface area contributed by atoms with E-state index in [1.54, 1.807) is 18.2 Å². The Morgan fingerprint density at radius 2 is 1.72 bits per heavy atom. The number of rotatable bonds is 6. The maximum Gasteiger partial charge on any atom is 0.251 e. The topological polar surface area (TPSA) is 46.9 Å². The Labute approximate surface area is 169 Å². The highest BCUT2D eigenvalue weighted by molar-refractivity contribution is 5.94. The lowest BCUT2D eigenvalue weighted by molar-refractivity contribution is 0.0954. The van der Waals surface area contributed by atoms with Crippen molar-refractivity contribution in [2.24, 2.45) is 0 Å². The number of amides is 1. The summed E-state index contributed by atoms with van der Waals surface area (Å²) in [5.41, 5.74) is 4.37. The SMILES string of the molecule is Cc1nc2ccccc2n1Cc1ccc(C(=O)NCCc2ccccc2F)cc1. The van der Waals surface area contributed by atoms with Crippen LogP contribution in [-0.2, 0) is 13.0 Å². The summed E-state index contributed by atoms with van der Waals surface area (Å²) in [4.78, 5) is 16.9. The molecule has 0 spiro atoms. The van der Waals surface area contributed by atoms with Gasteiger partial charge >= 0.3 is 0 Å². The average Bonchev–Trinajstić information content (AvgIpc) is 3.05. The van der Waals surface area contributed by atoms with Gasteiger partial charge in [-0.25, -0.2) is 9.37 Å². The number of halogens is 1. The van der Waals surface area contributed by atoms with Crippen LogP contribution < -0.4 is 5.32 Å². The third-order valence-electron chi connectivity index (χ3n) is 5.04. The standard InChI is InChI=1S/C24H22FN3O/c1-17-27-22-8-4-5-9-23(22)28(17)16-18-10-12-20(13-11-18)24(29)26-15-14-19-6-2-3-7-21(19)25/h2-13H,14-16H2,1H3,(H,26,29). The van der Waals surface area contributed by atoms with Crippen LogP contribution in [0, 0.1) is 12.7 Å². The fraction of sp³-hybridized carbons (Fsp3) is 0.167. The molecule has 0 aliphatic carbocycles. The highest BCUT2D eigenvalue weighted by Crippen LogP contribution is 2.17. The van der Waals surface area contributed by atoms with E-state index in [0.717, 1.165) is 22.4 Å². The first-order valence-electron chi connectivity index (χ1n) is 9.64. The largest absolute Gasteiger partial charge is 0.352 e. The number of nitrogens with one attached hydrogen (secondary N) is 1. The minimum absolute atomic E-state index is 0.155. The Bertz CT molecular complexity index is 1150. The Morgan fingerprint density at radius 3 is 2.52 bits per heavy atom. The van der Waals surface area contributed by atoms with Gasteiger partial charge in [0, 0.05) is 18.7 Å². The molecule has 0 radical (unpaired) electrons. The summed E-state index contributed by atoms with van der Waals surface area (Å²) in [5, 5.41) is 2.85. The molecule has 0 atom stereocenters. The van der Waals surface area contributed by atoms with E-state index in [4.69, 9.17) is 0 Å². The molecule has 3 aromatic carbocycles. The summed E-state index contributed by atoms with van der Waals surface area (Å²) in [7, 11) is 0. The Kier molecular flexibility index (Phi) is 5.38. The highest BCUT2D eigenvalue weighted by Gasteiger charge is 2.09. The number of benzene rings is 3. The van der Waals surface area contributed by atoms with Gasteiger partial charge in [0.25, 0.3) is 5.91 Å². The molecule has 0 fully saturated rings. The van der Waals surface area contributed by atoms with Crippen molar-refractivity contribution < 1.29 is 9.18 Å². The van der Waals surface area contributed by atoms with Crippen molar-refractivity contribution in [3.63, 3.8) is 0 Å². The Hall–Kier alpha value is -3.47. The molecule has 4 aromatic rings. The van der Waals surface area contributed by atoms with E-state index in [2.05, 4.69) is 20.9 Å². The van der Waals surface area contributed by atoms with Crippen LogP contribution >= 0.6 is 0 Å². The van der Waals surface area contributed by atoms with E-state index in [1.807, 2.05) is 49.4 Å². The molecule has 0 saturated heterocycles. The molecule has 4 nitrogen and oxygen atoms in total. The second kappa shape index (κ2) is 8.27. The van der Waals surface area contributed by atoms with E-state index in [9.17, 15) is 9.18 Å². The maximum atomic E-state index is 13.6. The van der Waals surface area contributed by atoms with Crippen LogP contribution in [0.25, 0.3) is 11.0 Å². The van der Waals surface area contributed by atoms with Crippen molar-refractivity contribution >= 4 is 16.9 Å². The molecule has 5 heteroatoms. The van der Waals surface area contributed by atoms with Gasteiger partial charge in [0.1, 0.15) is 11.6 Å². The Balaban J connectivity index is 1.39. The average molecular weight is 387 g/mol. The zero-order valence-corrected chi connectivity index (χ0v) is 16.2. The van der Waals surface area contributed by atoms with Crippen LogP contribution in [0.15, 0.2) is 72.8 Å². The van der Waals surface area contributed by atoms with Gasteiger partial charge in [0.15, 0.2) is 0 Å². The zero-order valence-electron chi connectivity index (χ0n) is 16.2. The second-order valence-corrected chi connectivity index (χ2v) is 7.03. The number of hydrogen-bond donors (Lipinski definition) is 1. The zero-order chi connectivity index (χ0) is 20.2. The van der Waals surface area contributed by atoms with Crippen LogP contribution in [0.1, 0.15) is 27.3 Å². The second-order valence-electron chi connectivity index (χ2n) is 7.03. The summed E-state index contributed by atoms with van der Waals surface area (Å²) in [6.07, 6.45) is 0.462. The van der Waals surface area contributed by atoms with E-state index in [1.165, 1.54) is 6.07 Å². The molecule has 1 amide bonds. The maximum absolute atomic E-state index is 13.6. The van der Waals surface area contributed by atoms with Gasteiger partial charge < -0.3 is 9.88 Å². The lowest BCUT2D eigenvalue weighted by Gasteiger charge is -2.09. The van der Waals surface area contributed by atoms with Crippen molar-refractivity contribution in [1.29, 1.82) is 0 Å². The molecule has 0 aliphatic rings. The highest BCUT2D eigenvalue weighted by atomic mass is 19.1. The number of nitrogens with zero attached hydrogens (tertiary/aromatic N) is 2. The van der Waals surface area contributed by atoms with Crippen LogP contribution in [-0.4, -0.2) is 22.0 Å². The summed E-state index contributed by atoms with van der Waals surface area (Å²) >= 11 is 0. The van der Waals surface area contributed by atoms with E-state index < -0.39 is 0 Å². The molecule has 1 N–H and O–H groups in total.